The number of amides is 1. The molecule has 7 nitrogen and oxygen atoms in total. The van der Waals surface area contributed by atoms with E-state index in [1.165, 1.54) is 22.2 Å². The van der Waals surface area contributed by atoms with Crippen molar-refractivity contribution < 1.29 is 14.3 Å². The van der Waals surface area contributed by atoms with Gasteiger partial charge in [-0.05, 0) is 30.0 Å². The number of rotatable bonds is 5. The van der Waals surface area contributed by atoms with Gasteiger partial charge in [-0.25, -0.2) is 4.98 Å². The highest BCUT2D eigenvalue weighted by molar-refractivity contribution is 8.00. The summed E-state index contributed by atoms with van der Waals surface area (Å²) in [7, 11) is 0. The van der Waals surface area contributed by atoms with Crippen LogP contribution in [-0.2, 0) is 20.9 Å². The number of fused-ring (bicyclic) bond motifs is 2. The SMILES string of the molecule is CC1CCN(C(=O)COC(=O)CCn2cnc3sccc3c2=O)c2ccccc2S1. The Hall–Kier alpha value is -2.65. The highest BCUT2D eigenvalue weighted by Crippen LogP contribution is 2.37. The molecule has 4 rings (SSSR count). The van der Waals surface area contributed by atoms with E-state index in [-0.39, 0.29) is 31.0 Å². The van der Waals surface area contributed by atoms with Gasteiger partial charge in [0.2, 0.25) is 0 Å². The number of para-hydroxylation sites is 1. The van der Waals surface area contributed by atoms with Gasteiger partial charge in [0, 0.05) is 23.2 Å². The molecule has 1 aliphatic heterocycles. The van der Waals surface area contributed by atoms with Gasteiger partial charge in [0.1, 0.15) is 4.83 Å². The highest BCUT2D eigenvalue weighted by atomic mass is 32.2. The summed E-state index contributed by atoms with van der Waals surface area (Å²) in [5.41, 5.74) is 0.674. The van der Waals surface area contributed by atoms with Crippen molar-refractivity contribution in [2.24, 2.45) is 0 Å². The molecule has 3 heterocycles. The second-order valence-corrected chi connectivity index (χ2v) is 9.40. The number of hydrogen-bond acceptors (Lipinski definition) is 7. The van der Waals surface area contributed by atoms with E-state index in [0.29, 0.717) is 22.0 Å². The number of thiophene rings is 1. The zero-order chi connectivity index (χ0) is 21.1. The number of carbonyl (C=O) groups is 2. The summed E-state index contributed by atoms with van der Waals surface area (Å²) in [6.45, 7) is 2.57. The summed E-state index contributed by atoms with van der Waals surface area (Å²) >= 11 is 3.14. The predicted molar refractivity (Wildman–Crippen MR) is 118 cm³/mol. The van der Waals surface area contributed by atoms with Crippen LogP contribution in [0.15, 0.2) is 51.7 Å². The molecule has 3 aromatic rings. The highest BCUT2D eigenvalue weighted by Gasteiger charge is 2.24. The van der Waals surface area contributed by atoms with Gasteiger partial charge in [-0.15, -0.1) is 23.1 Å². The first kappa shape index (κ1) is 20.6. The molecule has 156 valence electrons. The van der Waals surface area contributed by atoms with Crippen LogP contribution in [0.5, 0.6) is 0 Å². The van der Waals surface area contributed by atoms with Gasteiger partial charge in [0.15, 0.2) is 6.61 Å². The molecule has 0 bridgehead atoms. The number of hydrogen-bond donors (Lipinski definition) is 0. The van der Waals surface area contributed by atoms with Crippen LogP contribution in [0, 0.1) is 0 Å². The van der Waals surface area contributed by atoms with Gasteiger partial charge >= 0.3 is 5.97 Å². The lowest BCUT2D eigenvalue weighted by Crippen LogP contribution is -2.36. The van der Waals surface area contributed by atoms with E-state index in [0.717, 1.165) is 17.0 Å². The lowest BCUT2D eigenvalue weighted by molar-refractivity contribution is -0.148. The molecular formula is C21H21N3O4S2. The number of aryl methyl sites for hydroxylation is 1. The zero-order valence-electron chi connectivity index (χ0n) is 16.4. The van der Waals surface area contributed by atoms with Crippen molar-refractivity contribution >= 4 is 50.9 Å². The Morgan fingerprint density at radius 1 is 1.27 bits per heavy atom. The Bertz CT molecular complexity index is 1140. The lowest BCUT2D eigenvalue weighted by atomic mass is 10.2. The number of esters is 1. The molecule has 0 aliphatic carbocycles. The number of carbonyl (C=O) groups excluding carboxylic acids is 2. The third kappa shape index (κ3) is 4.41. The van der Waals surface area contributed by atoms with Gasteiger partial charge in [-0.1, -0.05) is 19.1 Å². The Kier molecular flexibility index (Phi) is 6.19. The number of thioether (sulfide) groups is 1. The summed E-state index contributed by atoms with van der Waals surface area (Å²) in [6.07, 6.45) is 2.29. The first-order valence-electron chi connectivity index (χ1n) is 9.67. The molecule has 9 heteroatoms. The summed E-state index contributed by atoms with van der Waals surface area (Å²) in [4.78, 5) is 44.9. The van der Waals surface area contributed by atoms with Crippen LogP contribution in [0.3, 0.4) is 0 Å². The quantitative estimate of drug-likeness (QED) is 0.563. The monoisotopic (exact) mass is 443 g/mol. The van der Waals surface area contributed by atoms with E-state index in [1.807, 2.05) is 29.6 Å². The van der Waals surface area contributed by atoms with Crippen LogP contribution in [0.1, 0.15) is 19.8 Å². The van der Waals surface area contributed by atoms with Crippen molar-refractivity contribution in [3.63, 3.8) is 0 Å². The van der Waals surface area contributed by atoms with Crippen LogP contribution in [0.2, 0.25) is 0 Å². The molecule has 0 radical (unpaired) electrons. The lowest BCUT2D eigenvalue weighted by Gasteiger charge is -2.22. The molecule has 0 spiro atoms. The Morgan fingerprint density at radius 3 is 2.97 bits per heavy atom. The fourth-order valence-electron chi connectivity index (χ4n) is 3.30. The molecule has 1 unspecified atom stereocenters. The Balaban J connectivity index is 1.35. The van der Waals surface area contributed by atoms with Crippen molar-refractivity contribution in [3.05, 3.63) is 52.4 Å². The molecule has 1 aliphatic rings. The standard InChI is InChI=1S/C21H21N3O4S2/c1-14-6-10-24(16-4-2-3-5-17(16)30-14)18(25)12-28-19(26)7-9-23-13-22-20-15(21(23)27)8-11-29-20/h2-5,8,11,13-14H,6-7,9-10,12H2,1H3. The Labute approximate surface area is 181 Å². The number of aromatic nitrogens is 2. The Morgan fingerprint density at radius 2 is 2.10 bits per heavy atom. The van der Waals surface area contributed by atoms with Crippen molar-refractivity contribution in [2.45, 2.75) is 36.5 Å². The third-order valence-corrected chi connectivity index (χ3v) is 6.97. The summed E-state index contributed by atoms with van der Waals surface area (Å²) in [5, 5.41) is 2.75. The summed E-state index contributed by atoms with van der Waals surface area (Å²) in [6, 6.07) is 9.50. The van der Waals surface area contributed by atoms with Gasteiger partial charge in [-0.3, -0.25) is 19.0 Å². The minimum Gasteiger partial charge on any atom is -0.455 e. The molecule has 2 aromatic heterocycles. The molecule has 0 saturated carbocycles. The smallest absolute Gasteiger partial charge is 0.308 e. The normalized spacial score (nSPS) is 16.2. The minimum atomic E-state index is -0.522. The van der Waals surface area contributed by atoms with Crippen molar-refractivity contribution in [2.75, 3.05) is 18.1 Å². The van der Waals surface area contributed by atoms with Gasteiger partial charge in [0.05, 0.1) is 23.8 Å². The van der Waals surface area contributed by atoms with Gasteiger partial charge in [-0.2, -0.15) is 0 Å². The van der Waals surface area contributed by atoms with Crippen LogP contribution >= 0.6 is 23.1 Å². The molecule has 1 atom stereocenters. The van der Waals surface area contributed by atoms with E-state index in [1.54, 1.807) is 22.7 Å². The number of benzene rings is 1. The summed E-state index contributed by atoms with van der Waals surface area (Å²) < 4.78 is 6.59. The fourth-order valence-corrected chi connectivity index (χ4v) is 5.14. The largest absolute Gasteiger partial charge is 0.455 e. The van der Waals surface area contributed by atoms with Crippen LogP contribution in [0.25, 0.3) is 10.2 Å². The molecule has 1 amide bonds. The first-order chi connectivity index (χ1) is 14.5. The predicted octanol–water partition coefficient (Wildman–Crippen LogP) is 3.31. The second-order valence-electron chi connectivity index (χ2n) is 7.02. The van der Waals surface area contributed by atoms with Crippen LogP contribution < -0.4 is 10.5 Å². The minimum absolute atomic E-state index is 0.00597. The molecule has 1 aromatic carbocycles. The molecule has 0 N–H and O–H groups in total. The van der Waals surface area contributed by atoms with E-state index in [9.17, 15) is 14.4 Å². The average molecular weight is 444 g/mol. The van der Waals surface area contributed by atoms with E-state index < -0.39 is 5.97 Å². The maximum atomic E-state index is 12.7. The van der Waals surface area contributed by atoms with Gasteiger partial charge in [0.25, 0.3) is 11.5 Å². The van der Waals surface area contributed by atoms with Crippen molar-refractivity contribution in [3.8, 4) is 0 Å². The molecular weight excluding hydrogens is 422 g/mol. The van der Waals surface area contributed by atoms with Gasteiger partial charge < -0.3 is 9.64 Å². The van der Waals surface area contributed by atoms with E-state index >= 15 is 0 Å². The first-order valence-corrected chi connectivity index (χ1v) is 11.4. The maximum Gasteiger partial charge on any atom is 0.308 e. The number of ether oxygens (including phenoxy) is 1. The fraction of sp³-hybridized carbons (Fsp3) is 0.333. The molecule has 0 fully saturated rings. The molecule has 0 saturated heterocycles. The van der Waals surface area contributed by atoms with E-state index in [4.69, 9.17) is 4.74 Å². The van der Waals surface area contributed by atoms with Crippen LogP contribution in [0.4, 0.5) is 5.69 Å². The summed E-state index contributed by atoms with van der Waals surface area (Å²) in [5.74, 6) is -0.768. The number of anilines is 1. The average Bonchev–Trinajstić information content (AvgIpc) is 3.16. The van der Waals surface area contributed by atoms with Crippen molar-refractivity contribution in [1.29, 1.82) is 0 Å². The van der Waals surface area contributed by atoms with Crippen LogP contribution in [-0.4, -0.2) is 39.8 Å². The number of nitrogens with zero attached hydrogens (tertiary/aromatic N) is 3. The molecule has 30 heavy (non-hydrogen) atoms. The van der Waals surface area contributed by atoms with Crippen molar-refractivity contribution in [1.82, 2.24) is 9.55 Å². The third-order valence-electron chi connectivity index (χ3n) is 4.91. The second kappa shape index (κ2) is 9.01. The zero-order valence-corrected chi connectivity index (χ0v) is 18.1. The van der Waals surface area contributed by atoms with E-state index in [2.05, 4.69) is 11.9 Å². The maximum absolute atomic E-state index is 12.7. The topological polar surface area (TPSA) is 81.5 Å².